The minimum Gasteiger partial charge on any atom is -0.481 e. The molecule has 1 aromatic rings. The molecule has 1 atom stereocenters. The molecule has 2 rings (SSSR count). The van der Waals surface area contributed by atoms with Crippen molar-refractivity contribution in [3.8, 4) is 0 Å². The predicted molar refractivity (Wildman–Crippen MR) is 67.3 cm³/mol. The van der Waals surface area contributed by atoms with Crippen LogP contribution in [0.25, 0.3) is 0 Å². The highest BCUT2D eigenvalue weighted by atomic mass is 19.2. The van der Waals surface area contributed by atoms with Crippen molar-refractivity contribution in [1.82, 2.24) is 4.90 Å². The molecule has 21 heavy (non-hydrogen) atoms. The molecular formula is C13H13F3N2O3. The number of carboxylic acid groups (broad SMARTS) is 1. The molecule has 1 aromatic carbocycles. The van der Waals surface area contributed by atoms with E-state index in [9.17, 15) is 22.8 Å². The third-order valence-corrected chi connectivity index (χ3v) is 3.29. The Labute approximate surface area is 118 Å². The smallest absolute Gasteiger partial charge is 0.321 e. The summed E-state index contributed by atoms with van der Waals surface area (Å²) in [6.45, 7) is 0.273. The first-order chi connectivity index (χ1) is 9.88. The van der Waals surface area contributed by atoms with Gasteiger partial charge in [-0.2, -0.15) is 0 Å². The van der Waals surface area contributed by atoms with Crippen LogP contribution < -0.4 is 5.32 Å². The van der Waals surface area contributed by atoms with E-state index < -0.39 is 41.1 Å². The number of nitrogens with zero attached hydrogens (tertiary/aromatic N) is 1. The minimum absolute atomic E-state index is 0.0272. The first-order valence-corrected chi connectivity index (χ1v) is 6.31. The number of anilines is 1. The highest BCUT2D eigenvalue weighted by molar-refractivity contribution is 5.90. The van der Waals surface area contributed by atoms with E-state index in [0.29, 0.717) is 31.5 Å². The summed E-state index contributed by atoms with van der Waals surface area (Å²) in [4.78, 5) is 24.0. The van der Waals surface area contributed by atoms with Crippen LogP contribution in [0.15, 0.2) is 12.1 Å². The van der Waals surface area contributed by atoms with Crippen LogP contribution in [0.1, 0.15) is 12.8 Å². The third-order valence-electron chi connectivity index (χ3n) is 3.29. The average Bonchev–Trinajstić information content (AvgIpc) is 2.44. The Morgan fingerprint density at radius 2 is 2.00 bits per heavy atom. The lowest BCUT2D eigenvalue weighted by Gasteiger charge is -2.30. The molecule has 1 aliphatic rings. The van der Waals surface area contributed by atoms with Crippen molar-refractivity contribution in [3.05, 3.63) is 29.6 Å². The van der Waals surface area contributed by atoms with Gasteiger partial charge in [0.05, 0.1) is 11.6 Å². The summed E-state index contributed by atoms with van der Waals surface area (Å²) in [6, 6.07) is 0.242. The molecule has 0 aliphatic carbocycles. The van der Waals surface area contributed by atoms with E-state index in [4.69, 9.17) is 5.11 Å². The van der Waals surface area contributed by atoms with E-state index in [1.54, 1.807) is 0 Å². The van der Waals surface area contributed by atoms with Gasteiger partial charge in [0, 0.05) is 25.2 Å². The molecule has 0 aromatic heterocycles. The maximum absolute atomic E-state index is 13.4. The fourth-order valence-electron chi connectivity index (χ4n) is 2.20. The van der Waals surface area contributed by atoms with Crippen LogP contribution >= 0.6 is 0 Å². The molecule has 5 nitrogen and oxygen atoms in total. The van der Waals surface area contributed by atoms with Crippen LogP contribution in [-0.2, 0) is 4.79 Å². The lowest BCUT2D eigenvalue weighted by atomic mass is 9.99. The molecular weight excluding hydrogens is 289 g/mol. The molecule has 1 unspecified atom stereocenters. The number of nitrogens with one attached hydrogen (secondary N) is 1. The normalized spacial score (nSPS) is 18.4. The largest absolute Gasteiger partial charge is 0.481 e. The maximum Gasteiger partial charge on any atom is 0.321 e. The first-order valence-electron chi connectivity index (χ1n) is 6.31. The molecule has 1 aliphatic heterocycles. The number of rotatable bonds is 2. The number of benzene rings is 1. The number of aliphatic carboxylic acids is 1. The SMILES string of the molecule is O=C(O)C1CCCN(C(=O)Nc2cc(F)cc(F)c2F)C1. The van der Waals surface area contributed by atoms with Crippen molar-refractivity contribution < 1.29 is 27.9 Å². The molecule has 114 valence electrons. The zero-order chi connectivity index (χ0) is 15.6. The highest BCUT2D eigenvalue weighted by Crippen LogP contribution is 2.21. The number of carboxylic acids is 1. The van der Waals surface area contributed by atoms with Crippen molar-refractivity contribution in [3.63, 3.8) is 0 Å². The predicted octanol–water partition coefficient (Wildman–Crippen LogP) is 2.43. The zero-order valence-electron chi connectivity index (χ0n) is 10.9. The van der Waals surface area contributed by atoms with Crippen molar-refractivity contribution in [1.29, 1.82) is 0 Å². The lowest BCUT2D eigenvalue weighted by molar-refractivity contribution is -0.143. The molecule has 2 N–H and O–H groups in total. The van der Waals surface area contributed by atoms with Crippen molar-refractivity contribution in [2.45, 2.75) is 12.8 Å². The molecule has 0 bridgehead atoms. The molecule has 1 saturated heterocycles. The monoisotopic (exact) mass is 302 g/mol. The van der Waals surface area contributed by atoms with Gasteiger partial charge in [-0.15, -0.1) is 0 Å². The highest BCUT2D eigenvalue weighted by Gasteiger charge is 2.28. The van der Waals surface area contributed by atoms with E-state index in [1.807, 2.05) is 0 Å². The van der Waals surface area contributed by atoms with Gasteiger partial charge in [0.25, 0.3) is 0 Å². The van der Waals surface area contributed by atoms with Crippen molar-refractivity contribution in [2.24, 2.45) is 5.92 Å². The number of halogens is 3. The summed E-state index contributed by atoms with van der Waals surface area (Å²) in [5, 5.41) is 11.0. The number of amides is 2. The lowest BCUT2D eigenvalue weighted by Crippen LogP contribution is -2.44. The van der Waals surface area contributed by atoms with Crippen molar-refractivity contribution in [2.75, 3.05) is 18.4 Å². The zero-order valence-corrected chi connectivity index (χ0v) is 10.9. The number of piperidine rings is 1. The number of carbonyl (C=O) groups excluding carboxylic acids is 1. The summed E-state index contributed by atoms with van der Waals surface area (Å²) in [7, 11) is 0. The summed E-state index contributed by atoms with van der Waals surface area (Å²) in [5.74, 6) is -5.51. The van der Waals surface area contributed by atoms with Crippen LogP contribution in [0.5, 0.6) is 0 Å². The van der Waals surface area contributed by atoms with Gasteiger partial charge >= 0.3 is 12.0 Å². The van der Waals surface area contributed by atoms with Gasteiger partial charge in [-0.05, 0) is 12.8 Å². The minimum atomic E-state index is -1.41. The first kappa shape index (κ1) is 15.1. The topological polar surface area (TPSA) is 69.6 Å². The Bertz CT molecular complexity index is 580. The summed E-state index contributed by atoms with van der Waals surface area (Å²) in [5.41, 5.74) is -0.616. The number of carbonyl (C=O) groups is 2. The van der Waals surface area contributed by atoms with Gasteiger partial charge in [-0.1, -0.05) is 0 Å². The number of hydrogen-bond donors (Lipinski definition) is 2. The number of hydrogen-bond acceptors (Lipinski definition) is 2. The van der Waals surface area contributed by atoms with Gasteiger partial charge in [-0.25, -0.2) is 18.0 Å². The Hall–Kier alpha value is -2.25. The Morgan fingerprint density at radius 1 is 1.29 bits per heavy atom. The van der Waals surface area contributed by atoms with Crippen LogP contribution in [0.4, 0.5) is 23.7 Å². The van der Waals surface area contributed by atoms with Gasteiger partial charge in [0.1, 0.15) is 5.82 Å². The Balaban J connectivity index is 2.09. The number of urea groups is 1. The molecule has 1 fully saturated rings. The maximum atomic E-state index is 13.4. The van der Waals surface area contributed by atoms with E-state index in [-0.39, 0.29) is 6.54 Å². The van der Waals surface area contributed by atoms with Crippen molar-refractivity contribution >= 4 is 17.7 Å². The quantitative estimate of drug-likeness (QED) is 0.824. The van der Waals surface area contributed by atoms with Gasteiger partial charge in [0.15, 0.2) is 11.6 Å². The molecule has 0 radical (unpaired) electrons. The molecule has 0 saturated carbocycles. The fraction of sp³-hybridized carbons (Fsp3) is 0.385. The Morgan fingerprint density at radius 3 is 2.67 bits per heavy atom. The Kier molecular flexibility index (Phi) is 4.35. The molecule has 8 heteroatoms. The van der Waals surface area contributed by atoms with Gasteiger partial charge < -0.3 is 15.3 Å². The van der Waals surface area contributed by atoms with Crippen LogP contribution in [0.2, 0.25) is 0 Å². The van der Waals surface area contributed by atoms with E-state index in [1.165, 1.54) is 4.90 Å². The summed E-state index contributed by atoms with van der Waals surface area (Å²) >= 11 is 0. The molecule has 1 heterocycles. The van der Waals surface area contributed by atoms with Crippen LogP contribution in [-0.4, -0.2) is 35.1 Å². The average molecular weight is 302 g/mol. The second-order valence-corrected chi connectivity index (χ2v) is 4.80. The summed E-state index contributed by atoms with van der Waals surface area (Å²) < 4.78 is 39.5. The second-order valence-electron chi connectivity index (χ2n) is 4.80. The standard InChI is InChI=1S/C13H13F3N2O3/c14-8-4-9(15)11(16)10(5-8)17-13(21)18-3-1-2-7(6-18)12(19)20/h4-5,7H,1-3,6H2,(H,17,21)(H,19,20). The number of likely N-dealkylation sites (tertiary alicyclic amines) is 1. The van der Waals surface area contributed by atoms with Gasteiger partial charge in [-0.3, -0.25) is 4.79 Å². The van der Waals surface area contributed by atoms with E-state index in [2.05, 4.69) is 5.32 Å². The van der Waals surface area contributed by atoms with Gasteiger partial charge in [0.2, 0.25) is 0 Å². The van der Waals surface area contributed by atoms with E-state index in [0.717, 1.165) is 0 Å². The van der Waals surface area contributed by atoms with Crippen LogP contribution in [0.3, 0.4) is 0 Å². The van der Waals surface area contributed by atoms with E-state index >= 15 is 0 Å². The molecule has 2 amide bonds. The van der Waals surface area contributed by atoms with Crippen LogP contribution in [0, 0.1) is 23.4 Å². The second kappa shape index (κ2) is 6.02. The fourth-order valence-corrected chi connectivity index (χ4v) is 2.20. The third kappa shape index (κ3) is 3.45. The summed E-state index contributed by atoms with van der Waals surface area (Å²) in [6.07, 6.45) is 0.937. The molecule has 0 spiro atoms.